The highest BCUT2D eigenvalue weighted by Gasteiger charge is 2.20. The third kappa shape index (κ3) is 3.54. The van der Waals surface area contributed by atoms with Crippen LogP contribution in [-0.4, -0.2) is 28.4 Å². The highest BCUT2D eigenvalue weighted by molar-refractivity contribution is 5.55. The molecule has 0 saturated heterocycles. The van der Waals surface area contributed by atoms with Crippen LogP contribution in [0.4, 0.5) is 0 Å². The van der Waals surface area contributed by atoms with E-state index in [0.717, 1.165) is 16.9 Å². The molecule has 2 aromatic carbocycles. The van der Waals surface area contributed by atoms with Gasteiger partial charge in [0.25, 0.3) is 0 Å². The van der Waals surface area contributed by atoms with Gasteiger partial charge in [0.15, 0.2) is 11.5 Å². The monoisotopic (exact) mass is 327 g/mol. The van der Waals surface area contributed by atoms with Gasteiger partial charge in [0.2, 0.25) is 5.75 Å². The number of para-hydroxylation sites is 1. The number of ether oxygens (including phenoxy) is 4. The molecule has 24 heavy (non-hydrogen) atoms. The molecule has 0 bridgehead atoms. The fourth-order valence-electron chi connectivity index (χ4n) is 2.63. The van der Waals surface area contributed by atoms with Gasteiger partial charge in [-0.1, -0.05) is 18.2 Å². The summed E-state index contributed by atoms with van der Waals surface area (Å²) >= 11 is 0. The molecular weight excluding hydrogens is 306 g/mol. The minimum atomic E-state index is -0.366. The number of hydrogen-bond donors (Lipinski definition) is 0. The van der Waals surface area contributed by atoms with Crippen LogP contribution in [0.1, 0.15) is 17.0 Å². The van der Waals surface area contributed by atoms with Crippen molar-refractivity contribution in [2.75, 3.05) is 28.4 Å². The second kappa shape index (κ2) is 8.11. The Morgan fingerprint density at radius 2 is 1.46 bits per heavy atom. The van der Waals surface area contributed by atoms with Gasteiger partial charge in [-0.15, -0.1) is 0 Å². The van der Waals surface area contributed by atoms with Gasteiger partial charge in [0.05, 0.1) is 40.4 Å². The zero-order valence-corrected chi connectivity index (χ0v) is 14.3. The van der Waals surface area contributed by atoms with Crippen molar-refractivity contribution in [3.63, 3.8) is 0 Å². The van der Waals surface area contributed by atoms with Crippen molar-refractivity contribution >= 4 is 0 Å². The minimum absolute atomic E-state index is 0.366. The molecule has 2 rings (SSSR count). The topological polar surface area (TPSA) is 60.7 Å². The lowest BCUT2D eigenvalue weighted by atomic mass is 9.92. The largest absolute Gasteiger partial charge is 0.496 e. The summed E-state index contributed by atoms with van der Waals surface area (Å²) in [7, 11) is 6.29. The predicted octanol–water partition coefficient (Wildman–Crippen LogP) is 3.57. The average Bonchev–Trinajstić information content (AvgIpc) is 2.64. The standard InChI is InChI=1S/C19H21NO4/c1-21-16-8-6-5-7-13(16)9-15(12-20)14-10-17(22-2)19(24-4)18(11-14)23-3/h5-8,10-11,15H,9H2,1-4H3. The highest BCUT2D eigenvalue weighted by Crippen LogP contribution is 2.40. The maximum absolute atomic E-state index is 9.65. The molecule has 1 atom stereocenters. The Balaban J connectivity index is 2.42. The van der Waals surface area contributed by atoms with Gasteiger partial charge in [-0.3, -0.25) is 0 Å². The van der Waals surface area contributed by atoms with Gasteiger partial charge < -0.3 is 18.9 Å². The summed E-state index contributed by atoms with van der Waals surface area (Å²) in [6, 6.07) is 13.7. The van der Waals surface area contributed by atoms with Crippen molar-refractivity contribution in [2.24, 2.45) is 0 Å². The van der Waals surface area contributed by atoms with E-state index in [9.17, 15) is 5.26 Å². The van der Waals surface area contributed by atoms with Crippen LogP contribution in [0.2, 0.25) is 0 Å². The van der Waals surface area contributed by atoms with Gasteiger partial charge in [0, 0.05) is 0 Å². The number of methoxy groups -OCH3 is 4. The van der Waals surface area contributed by atoms with Gasteiger partial charge in [0.1, 0.15) is 5.75 Å². The first-order valence-electron chi connectivity index (χ1n) is 7.49. The summed E-state index contributed by atoms with van der Waals surface area (Å²) in [4.78, 5) is 0. The fourth-order valence-corrected chi connectivity index (χ4v) is 2.63. The maximum atomic E-state index is 9.65. The van der Waals surface area contributed by atoms with Gasteiger partial charge in [-0.05, 0) is 35.7 Å². The first kappa shape index (κ1) is 17.5. The summed E-state index contributed by atoms with van der Waals surface area (Å²) in [5.74, 6) is 1.98. The lowest BCUT2D eigenvalue weighted by Gasteiger charge is -2.17. The van der Waals surface area contributed by atoms with E-state index >= 15 is 0 Å². The second-order valence-corrected chi connectivity index (χ2v) is 5.16. The third-order valence-corrected chi connectivity index (χ3v) is 3.86. The van der Waals surface area contributed by atoms with Crippen molar-refractivity contribution < 1.29 is 18.9 Å². The van der Waals surface area contributed by atoms with E-state index in [0.29, 0.717) is 23.7 Å². The molecule has 5 heteroatoms. The van der Waals surface area contributed by atoms with Crippen LogP contribution in [0.5, 0.6) is 23.0 Å². The van der Waals surface area contributed by atoms with Crippen molar-refractivity contribution in [3.05, 3.63) is 47.5 Å². The van der Waals surface area contributed by atoms with Crippen LogP contribution < -0.4 is 18.9 Å². The molecule has 0 aromatic heterocycles. The fraction of sp³-hybridized carbons (Fsp3) is 0.316. The molecule has 0 aliphatic heterocycles. The molecule has 1 unspecified atom stereocenters. The van der Waals surface area contributed by atoms with Crippen molar-refractivity contribution in [2.45, 2.75) is 12.3 Å². The summed E-state index contributed by atoms with van der Waals surface area (Å²) < 4.78 is 21.4. The minimum Gasteiger partial charge on any atom is -0.496 e. The van der Waals surface area contributed by atoms with Crippen LogP contribution in [0.15, 0.2) is 36.4 Å². The number of hydrogen-bond acceptors (Lipinski definition) is 5. The molecule has 0 fully saturated rings. The van der Waals surface area contributed by atoms with Crippen LogP contribution in [-0.2, 0) is 6.42 Å². The lowest BCUT2D eigenvalue weighted by Crippen LogP contribution is -2.04. The Kier molecular flexibility index (Phi) is 5.91. The first-order valence-corrected chi connectivity index (χ1v) is 7.49. The number of benzene rings is 2. The van der Waals surface area contributed by atoms with Crippen LogP contribution in [0.3, 0.4) is 0 Å². The summed E-state index contributed by atoms with van der Waals surface area (Å²) in [5, 5.41) is 9.65. The molecule has 0 N–H and O–H groups in total. The summed E-state index contributed by atoms with van der Waals surface area (Å²) in [6.45, 7) is 0. The smallest absolute Gasteiger partial charge is 0.203 e. The molecule has 126 valence electrons. The number of nitriles is 1. The first-order chi connectivity index (χ1) is 11.7. The predicted molar refractivity (Wildman–Crippen MR) is 91.2 cm³/mol. The van der Waals surface area contributed by atoms with E-state index in [4.69, 9.17) is 18.9 Å². The van der Waals surface area contributed by atoms with Crippen LogP contribution >= 0.6 is 0 Å². The van der Waals surface area contributed by atoms with Crippen molar-refractivity contribution in [1.82, 2.24) is 0 Å². The molecule has 0 heterocycles. The third-order valence-electron chi connectivity index (χ3n) is 3.86. The van der Waals surface area contributed by atoms with E-state index in [-0.39, 0.29) is 5.92 Å². The van der Waals surface area contributed by atoms with Crippen LogP contribution in [0, 0.1) is 11.3 Å². The van der Waals surface area contributed by atoms with Crippen molar-refractivity contribution in [3.8, 4) is 29.1 Å². The Morgan fingerprint density at radius 3 is 1.96 bits per heavy atom. The molecule has 0 saturated carbocycles. The lowest BCUT2D eigenvalue weighted by molar-refractivity contribution is 0.323. The zero-order chi connectivity index (χ0) is 17.5. The molecule has 0 spiro atoms. The van der Waals surface area contributed by atoms with E-state index < -0.39 is 0 Å². The Bertz CT molecular complexity index is 711. The van der Waals surface area contributed by atoms with E-state index in [1.54, 1.807) is 28.4 Å². The normalized spacial score (nSPS) is 11.3. The van der Waals surface area contributed by atoms with Gasteiger partial charge in [-0.2, -0.15) is 5.26 Å². The quantitative estimate of drug-likeness (QED) is 0.778. The van der Waals surface area contributed by atoms with E-state index in [2.05, 4.69) is 6.07 Å². The Labute approximate surface area is 142 Å². The molecule has 0 aliphatic carbocycles. The van der Waals surface area contributed by atoms with E-state index in [1.807, 2.05) is 36.4 Å². The van der Waals surface area contributed by atoms with Crippen LogP contribution in [0.25, 0.3) is 0 Å². The number of rotatable bonds is 7. The zero-order valence-electron chi connectivity index (χ0n) is 14.3. The summed E-state index contributed by atoms with van der Waals surface area (Å²) in [6.07, 6.45) is 0.527. The molecule has 0 radical (unpaired) electrons. The van der Waals surface area contributed by atoms with E-state index in [1.165, 1.54) is 0 Å². The average molecular weight is 327 g/mol. The SMILES string of the molecule is COc1ccccc1CC(C#N)c1cc(OC)c(OC)c(OC)c1. The van der Waals surface area contributed by atoms with Gasteiger partial charge >= 0.3 is 0 Å². The Hall–Kier alpha value is -2.87. The van der Waals surface area contributed by atoms with Gasteiger partial charge in [-0.25, -0.2) is 0 Å². The highest BCUT2D eigenvalue weighted by atomic mass is 16.5. The molecular formula is C19H21NO4. The van der Waals surface area contributed by atoms with Crippen molar-refractivity contribution in [1.29, 1.82) is 5.26 Å². The molecule has 2 aromatic rings. The molecule has 5 nitrogen and oxygen atoms in total. The number of nitrogens with zero attached hydrogens (tertiary/aromatic N) is 1. The second-order valence-electron chi connectivity index (χ2n) is 5.16. The Morgan fingerprint density at radius 1 is 0.875 bits per heavy atom. The summed E-state index contributed by atoms with van der Waals surface area (Å²) in [5.41, 5.74) is 1.78. The molecule has 0 amide bonds. The maximum Gasteiger partial charge on any atom is 0.203 e. The molecule has 0 aliphatic rings.